The number of alkyl halides is 3. The minimum atomic E-state index is -4.45. The van der Waals surface area contributed by atoms with Gasteiger partial charge in [0.25, 0.3) is 5.91 Å². The fraction of sp³-hybridized carbons (Fsp3) is 0.135. The van der Waals surface area contributed by atoms with Gasteiger partial charge < -0.3 is 10.8 Å². The molecule has 1 amide bonds. The number of aryl methyl sites for hydroxylation is 3. The van der Waals surface area contributed by atoms with E-state index in [1.54, 1.807) is 56.4 Å². The summed E-state index contributed by atoms with van der Waals surface area (Å²) in [6.07, 6.45) is 9.97. The Morgan fingerprint density at radius 3 is 1.85 bits per heavy atom. The Kier molecular flexibility index (Phi) is 14.0. The number of nitrogens with two attached hydrogens (primary N) is 1. The first-order valence-corrected chi connectivity index (χ1v) is 16.0. The molecule has 278 valence electrons. The van der Waals surface area contributed by atoms with Crippen LogP contribution in [0.2, 0.25) is 0 Å². The summed E-state index contributed by atoms with van der Waals surface area (Å²) in [5.74, 6) is -0.779. The zero-order valence-corrected chi connectivity index (χ0v) is 29.3. The number of rotatable bonds is 9. The van der Waals surface area contributed by atoms with Crippen LogP contribution in [0.5, 0.6) is 0 Å². The van der Waals surface area contributed by atoms with Crippen molar-refractivity contribution in [2.75, 3.05) is 5.43 Å². The molecule has 2 aromatic carbocycles. The molecule has 4 aromatic heterocycles. The number of anilines is 1. The highest BCUT2D eigenvalue weighted by molar-refractivity contribution is 5.90. The maximum absolute atomic E-state index is 12.8. The summed E-state index contributed by atoms with van der Waals surface area (Å²) in [7, 11) is 0. The number of carboxylic acids is 1. The number of nitrogens with zero attached hydrogens (tertiary/aromatic N) is 8. The Hall–Kier alpha value is -7.01. The highest BCUT2D eigenvalue weighted by Crippen LogP contribution is 2.32. The van der Waals surface area contributed by atoms with Crippen molar-refractivity contribution >= 4 is 30.0 Å². The van der Waals surface area contributed by atoms with Crippen LogP contribution in [-0.2, 0) is 22.3 Å². The van der Waals surface area contributed by atoms with Crippen LogP contribution in [-0.4, -0.2) is 56.5 Å². The van der Waals surface area contributed by atoms with Crippen LogP contribution in [0.3, 0.4) is 0 Å². The predicted molar refractivity (Wildman–Crippen MR) is 197 cm³/mol. The molecular weight excluding hydrogens is 703 g/mol. The van der Waals surface area contributed by atoms with Gasteiger partial charge in [0.2, 0.25) is 0 Å². The van der Waals surface area contributed by atoms with Gasteiger partial charge in [0.05, 0.1) is 17.4 Å². The molecule has 5 N–H and O–H groups in total. The van der Waals surface area contributed by atoms with Crippen molar-refractivity contribution in [2.45, 2.75) is 33.5 Å². The molecule has 0 unspecified atom stereocenters. The van der Waals surface area contributed by atoms with Crippen molar-refractivity contribution in [3.05, 3.63) is 138 Å². The number of halogens is 3. The number of pyridine rings is 2. The maximum Gasteiger partial charge on any atom is 0.416 e. The monoisotopic (exact) mass is 739 g/mol. The topological polar surface area (TPSA) is 192 Å². The fourth-order valence-electron chi connectivity index (χ4n) is 4.55. The van der Waals surface area contributed by atoms with Crippen molar-refractivity contribution < 1.29 is 27.9 Å². The zero-order chi connectivity index (χ0) is 39.1. The Balaban J connectivity index is 0.000000202. The molecule has 6 aromatic rings. The number of aromatic nitrogens is 8. The van der Waals surface area contributed by atoms with Gasteiger partial charge in [0.15, 0.2) is 11.6 Å². The molecule has 0 aliphatic carbocycles. The first-order valence-electron chi connectivity index (χ1n) is 16.0. The second-order valence-corrected chi connectivity index (χ2v) is 11.4. The summed E-state index contributed by atoms with van der Waals surface area (Å²) in [5, 5.41) is 16.8. The van der Waals surface area contributed by atoms with Crippen LogP contribution in [0.1, 0.15) is 27.8 Å². The van der Waals surface area contributed by atoms with Crippen LogP contribution in [0.25, 0.3) is 35.2 Å². The van der Waals surface area contributed by atoms with E-state index < -0.39 is 17.7 Å². The first-order chi connectivity index (χ1) is 25.8. The number of aliphatic carboxylic acids is 1. The molecule has 6 rings (SSSR count). The van der Waals surface area contributed by atoms with E-state index in [2.05, 4.69) is 47.1 Å². The quantitative estimate of drug-likeness (QED) is 0.101. The smallest absolute Gasteiger partial charge is 0.416 e. The standard InChI is InChI=1S/C18H18N6O.C13H10F3N3O2.C6H8N2/c1-13-8-14(2)10-15(9-13)18-20-12-24(23-18)7-5-17(25)22-21-16-4-3-6-19-11-16;1-8-4-9(6-10(5-8)13(14,15)16)12-17-7-19(18-12)3-2-11(20)21;7-4-6-2-1-3-8-5-6/h3-12,21H,1-2H3,(H,22,25);2-7H,1H3,(H,20,21);1-3,5H,4,7H2/b7-5-;3-2-;. The molecule has 0 aliphatic rings. The molecule has 0 bridgehead atoms. The molecule has 0 saturated carbocycles. The van der Waals surface area contributed by atoms with Gasteiger partial charge in [-0.1, -0.05) is 23.3 Å². The first kappa shape index (κ1) is 39.8. The minimum Gasteiger partial charge on any atom is -0.478 e. The fourth-order valence-corrected chi connectivity index (χ4v) is 4.55. The van der Waals surface area contributed by atoms with E-state index in [1.165, 1.54) is 23.2 Å². The molecular formula is C37H36F3N11O3. The summed E-state index contributed by atoms with van der Waals surface area (Å²) >= 11 is 0. The predicted octanol–water partition coefficient (Wildman–Crippen LogP) is 5.94. The van der Waals surface area contributed by atoms with E-state index in [4.69, 9.17) is 10.8 Å². The number of hydrogen-bond acceptors (Lipinski definition) is 10. The number of hydrogen-bond donors (Lipinski definition) is 4. The Bertz CT molecular complexity index is 2180. The number of benzene rings is 2. The Morgan fingerprint density at radius 1 is 0.796 bits per heavy atom. The van der Waals surface area contributed by atoms with Crippen molar-refractivity contribution in [1.29, 1.82) is 0 Å². The summed E-state index contributed by atoms with van der Waals surface area (Å²) in [6.45, 7) is 6.19. The van der Waals surface area contributed by atoms with Crippen LogP contribution in [0.15, 0.2) is 110 Å². The normalized spacial score (nSPS) is 11.0. The molecule has 0 radical (unpaired) electrons. The second kappa shape index (κ2) is 19.0. The van der Waals surface area contributed by atoms with Gasteiger partial charge in [-0.15, -0.1) is 10.2 Å². The highest BCUT2D eigenvalue weighted by Gasteiger charge is 2.31. The third kappa shape index (κ3) is 13.0. The lowest BCUT2D eigenvalue weighted by molar-refractivity contribution is -0.137. The van der Waals surface area contributed by atoms with Crippen LogP contribution in [0.4, 0.5) is 18.9 Å². The minimum absolute atomic E-state index is 0.0826. The van der Waals surface area contributed by atoms with E-state index in [0.29, 0.717) is 23.6 Å². The number of carbonyl (C=O) groups is 2. The van der Waals surface area contributed by atoms with Gasteiger partial charge >= 0.3 is 12.1 Å². The van der Waals surface area contributed by atoms with Crippen molar-refractivity contribution in [2.24, 2.45) is 5.73 Å². The van der Waals surface area contributed by atoms with E-state index in [9.17, 15) is 22.8 Å². The van der Waals surface area contributed by atoms with E-state index >= 15 is 0 Å². The molecule has 0 aliphatic heterocycles. The third-order valence-electron chi connectivity index (χ3n) is 6.86. The van der Waals surface area contributed by atoms with Gasteiger partial charge in [0, 0.05) is 60.8 Å². The van der Waals surface area contributed by atoms with E-state index in [1.807, 2.05) is 38.1 Å². The molecule has 4 heterocycles. The summed E-state index contributed by atoms with van der Waals surface area (Å²) in [4.78, 5) is 38.2. The van der Waals surface area contributed by atoms with Crippen molar-refractivity contribution in [1.82, 2.24) is 44.9 Å². The Morgan fingerprint density at radius 2 is 1.35 bits per heavy atom. The average molecular weight is 740 g/mol. The molecule has 0 saturated heterocycles. The molecule has 14 nitrogen and oxygen atoms in total. The zero-order valence-electron chi connectivity index (χ0n) is 29.3. The van der Waals surface area contributed by atoms with E-state index in [-0.39, 0.29) is 17.3 Å². The molecule has 0 atom stereocenters. The lowest BCUT2D eigenvalue weighted by Gasteiger charge is -2.09. The van der Waals surface area contributed by atoms with E-state index in [0.717, 1.165) is 51.3 Å². The molecule has 54 heavy (non-hydrogen) atoms. The second-order valence-electron chi connectivity index (χ2n) is 11.4. The maximum atomic E-state index is 12.8. The molecule has 0 fully saturated rings. The van der Waals surface area contributed by atoms with Crippen molar-refractivity contribution in [3.63, 3.8) is 0 Å². The van der Waals surface area contributed by atoms with Crippen LogP contribution in [0, 0.1) is 20.8 Å². The number of amides is 1. The van der Waals surface area contributed by atoms with Crippen LogP contribution < -0.4 is 16.6 Å². The molecule has 0 spiro atoms. The number of hydrazine groups is 1. The van der Waals surface area contributed by atoms with Gasteiger partial charge in [-0.25, -0.2) is 24.1 Å². The number of carbonyl (C=O) groups excluding carboxylic acids is 1. The van der Waals surface area contributed by atoms with Crippen LogP contribution >= 0.6 is 0 Å². The van der Waals surface area contributed by atoms with Crippen molar-refractivity contribution in [3.8, 4) is 22.8 Å². The molecule has 17 heteroatoms. The highest BCUT2D eigenvalue weighted by atomic mass is 19.4. The van der Waals surface area contributed by atoms with Gasteiger partial charge in [-0.3, -0.25) is 25.6 Å². The average Bonchev–Trinajstić information content (AvgIpc) is 3.83. The van der Waals surface area contributed by atoms with Gasteiger partial charge in [-0.05, 0) is 80.4 Å². The number of nitrogens with one attached hydrogen (secondary N) is 2. The van der Waals surface area contributed by atoms with Gasteiger partial charge in [0.1, 0.15) is 12.7 Å². The third-order valence-corrected chi connectivity index (χ3v) is 6.86. The summed E-state index contributed by atoms with van der Waals surface area (Å²) < 4.78 is 40.9. The lowest BCUT2D eigenvalue weighted by Crippen LogP contribution is -2.27. The summed E-state index contributed by atoms with van der Waals surface area (Å²) in [6, 6.07) is 17.1. The lowest BCUT2D eigenvalue weighted by atomic mass is 10.1. The largest absolute Gasteiger partial charge is 0.478 e. The summed E-state index contributed by atoms with van der Waals surface area (Å²) in [5.41, 5.74) is 15.5. The Labute approximate surface area is 307 Å². The van der Waals surface area contributed by atoms with Gasteiger partial charge in [-0.2, -0.15) is 13.2 Å². The number of carboxylic acid groups (broad SMARTS) is 1. The SMILES string of the molecule is Cc1cc(-c2ncn(/C=C\C(=O)O)n2)cc(C(F)(F)F)c1.Cc1cc(C)cc(-c2ncn(/C=C\C(=O)NNc3cccnc3)n2)c1.NCc1cccnc1.